The van der Waals surface area contributed by atoms with Crippen molar-refractivity contribution in [2.75, 3.05) is 6.54 Å². The Hall–Kier alpha value is -2.28. The number of nitrogens with zero attached hydrogens (tertiary/aromatic N) is 3. The van der Waals surface area contributed by atoms with E-state index in [4.69, 9.17) is 4.42 Å². The summed E-state index contributed by atoms with van der Waals surface area (Å²) in [6.45, 7) is 6.49. The number of aromatic nitrogens is 1. The Kier molecular flexibility index (Phi) is 2.98. The van der Waals surface area contributed by atoms with E-state index in [1.54, 1.807) is 4.90 Å². The van der Waals surface area contributed by atoms with E-state index < -0.39 is 6.04 Å². The van der Waals surface area contributed by atoms with Gasteiger partial charge in [0.1, 0.15) is 18.1 Å². The molecule has 3 heterocycles. The Bertz CT molecular complexity index is 566. The third kappa shape index (κ3) is 1.96. The van der Waals surface area contributed by atoms with Crippen molar-refractivity contribution in [2.45, 2.75) is 25.6 Å². The molecule has 0 saturated carbocycles. The first kappa shape index (κ1) is 12.7. The number of fused-ring (bicyclic) bond motifs is 2. The van der Waals surface area contributed by atoms with Crippen LogP contribution in [0.4, 0.5) is 0 Å². The molecule has 0 aromatic carbocycles. The Labute approximate surface area is 116 Å². The lowest BCUT2D eigenvalue weighted by atomic mass is 10.00. The van der Waals surface area contributed by atoms with Gasteiger partial charge in [-0.3, -0.25) is 10.0 Å². The first-order valence-corrected chi connectivity index (χ1v) is 6.36. The second-order valence-corrected chi connectivity index (χ2v) is 4.94. The van der Waals surface area contributed by atoms with E-state index in [1.807, 2.05) is 13.0 Å². The Balaban J connectivity index is 1.72. The molecule has 0 unspecified atom stereocenters. The maximum atomic E-state index is 12.3. The zero-order chi connectivity index (χ0) is 14.3. The van der Waals surface area contributed by atoms with Gasteiger partial charge in [0, 0.05) is 6.54 Å². The van der Waals surface area contributed by atoms with E-state index in [2.05, 4.69) is 16.9 Å². The van der Waals surface area contributed by atoms with Crippen molar-refractivity contribution in [3.63, 3.8) is 0 Å². The van der Waals surface area contributed by atoms with Crippen LogP contribution >= 0.6 is 0 Å². The molecule has 7 nitrogen and oxygen atoms in total. The fraction of sp³-hybridized carbons (Fsp3) is 0.385. The summed E-state index contributed by atoms with van der Waals surface area (Å²) < 4.78 is 5.08. The molecule has 2 bridgehead atoms. The number of carbonyl (C=O) groups is 1. The van der Waals surface area contributed by atoms with Gasteiger partial charge in [0.25, 0.3) is 0 Å². The lowest BCUT2D eigenvalue weighted by Gasteiger charge is -2.30. The minimum Gasteiger partial charge on any atom is -0.447 e. The van der Waals surface area contributed by atoms with Crippen molar-refractivity contribution in [1.82, 2.24) is 20.3 Å². The van der Waals surface area contributed by atoms with Crippen molar-refractivity contribution < 1.29 is 14.4 Å². The van der Waals surface area contributed by atoms with Gasteiger partial charge in [-0.15, -0.1) is 0 Å². The van der Waals surface area contributed by atoms with Gasteiger partial charge in [-0.1, -0.05) is 12.7 Å². The third-order valence-corrected chi connectivity index (χ3v) is 3.64. The molecule has 7 heteroatoms. The second-order valence-electron chi connectivity index (χ2n) is 4.94. The summed E-state index contributed by atoms with van der Waals surface area (Å²) in [5.41, 5.74) is 0.892. The molecule has 2 atom stereocenters. The molecule has 1 aromatic rings. The average molecular weight is 276 g/mol. The van der Waals surface area contributed by atoms with E-state index in [-0.39, 0.29) is 18.5 Å². The lowest BCUT2D eigenvalue weighted by Crippen LogP contribution is -2.47. The zero-order valence-electron chi connectivity index (χ0n) is 11.1. The first-order valence-electron chi connectivity index (χ1n) is 6.36. The molecule has 1 amide bonds. The summed E-state index contributed by atoms with van der Waals surface area (Å²) in [5, 5.41) is 13.7. The van der Waals surface area contributed by atoms with Crippen LogP contribution in [0, 0.1) is 0 Å². The highest BCUT2D eigenvalue weighted by atomic mass is 16.5. The smallest absolute Gasteiger partial charge is 0.247 e. The normalized spacial score (nSPS) is 24.9. The minimum absolute atomic E-state index is 0.127. The van der Waals surface area contributed by atoms with E-state index >= 15 is 0 Å². The van der Waals surface area contributed by atoms with Crippen molar-refractivity contribution in [3.8, 4) is 0 Å². The van der Waals surface area contributed by atoms with Gasteiger partial charge in [0.05, 0.1) is 18.8 Å². The predicted molar refractivity (Wildman–Crippen MR) is 69.2 cm³/mol. The molecule has 0 spiro atoms. The van der Waals surface area contributed by atoms with E-state index in [1.165, 1.54) is 12.5 Å². The van der Waals surface area contributed by atoms with Crippen LogP contribution in [-0.2, 0) is 11.3 Å². The average Bonchev–Trinajstić information content (AvgIpc) is 3.01. The van der Waals surface area contributed by atoms with Crippen molar-refractivity contribution >= 4 is 5.91 Å². The van der Waals surface area contributed by atoms with Gasteiger partial charge in [0.15, 0.2) is 0 Å². The van der Waals surface area contributed by atoms with Crippen molar-refractivity contribution in [2.24, 2.45) is 0 Å². The lowest BCUT2D eigenvalue weighted by molar-refractivity contribution is -0.125. The largest absolute Gasteiger partial charge is 0.447 e. The highest BCUT2D eigenvalue weighted by Crippen LogP contribution is 2.32. The molecule has 0 radical (unpaired) electrons. The molecule has 2 N–H and O–H groups in total. The van der Waals surface area contributed by atoms with Crippen LogP contribution in [0.25, 0.3) is 0 Å². The SMILES string of the molecule is C=C1N(O)[C@H]2C=C(C)[C@@H](C(=O)NCc3ncco3)N1C2. The molecule has 1 fully saturated rings. The van der Waals surface area contributed by atoms with Gasteiger partial charge in [-0.2, -0.15) is 0 Å². The van der Waals surface area contributed by atoms with Gasteiger partial charge in [-0.05, 0) is 12.5 Å². The number of amides is 1. The zero-order valence-corrected chi connectivity index (χ0v) is 11.1. The van der Waals surface area contributed by atoms with Crippen molar-refractivity contribution in [3.05, 3.63) is 42.4 Å². The van der Waals surface area contributed by atoms with Crippen LogP contribution in [0.1, 0.15) is 12.8 Å². The van der Waals surface area contributed by atoms with Crippen LogP contribution in [0.3, 0.4) is 0 Å². The van der Waals surface area contributed by atoms with Gasteiger partial charge in [-0.25, -0.2) is 10.0 Å². The molecule has 3 rings (SSSR count). The number of nitrogens with one attached hydrogen (secondary N) is 1. The summed E-state index contributed by atoms with van der Waals surface area (Å²) in [6.07, 6.45) is 4.89. The van der Waals surface area contributed by atoms with Crippen LogP contribution in [-0.4, -0.2) is 44.7 Å². The summed E-state index contributed by atoms with van der Waals surface area (Å²) in [4.78, 5) is 18.1. The summed E-state index contributed by atoms with van der Waals surface area (Å²) >= 11 is 0. The Morgan fingerprint density at radius 2 is 2.50 bits per heavy atom. The minimum atomic E-state index is -0.453. The van der Waals surface area contributed by atoms with Crippen LogP contribution in [0.5, 0.6) is 0 Å². The quantitative estimate of drug-likeness (QED) is 0.781. The topological polar surface area (TPSA) is 81.8 Å². The molecular formula is C13H16N4O3. The Morgan fingerprint density at radius 3 is 3.20 bits per heavy atom. The van der Waals surface area contributed by atoms with Crippen molar-refractivity contribution in [1.29, 1.82) is 0 Å². The molecular weight excluding hydrogens is 260 g/mol. The number of hydrogen-bond acceptors (Lipinski definition) is 6. The van der Waals surface area contributed by atoms with Gasteiger partial charge >= 0.3 is 0 Å². The maximum absolute atomic E-state index is 12.3. The number of carbonyl (C=O) groups excluding carboxylic acids is 1. The highest BCUT2D eigenvalue weighted by molar-refractivity contribution is 5.85. The standard InChI is InChI=1S/C13H16N4O3/c1-8-5-10-7-16(9(2)17(10)19)12(8)13(18)15-6-11-14-3-4-20-11/h3-5,10,12,19H,2,6-7H2,1H3,(H,15,18)/t10-,12-/m0/s1. The molecule has 0 aliphatic carbocycles. The summed E-state index contributed by atoms with van der Waals surface area (Å²) in [5.74, 6) is 0.740. The highest BCUT2D eigenvalue weighted by Gasteiger charge is 2.42. The number of hydrogen-bond donors (Lipinski definition) is 2. The first-order chi connectivity index (χ1) is 9.58. The maximum Gasteiger partial charge on any atom is 0.247 e. The predicted octanol–water partition coefficient (Wildman–Crippen LogP) is 0.466. The summed E-state index contributed by atoms with van der Waals surface area (Å²) in [7, 11) is 0. The monoisotopic (exact) mass is 276 g/mol. The van der Waals surface area contributed by atoms with E-state index in [0.29, 0.717) is 18.3 Å². The molecule has 2 aliphatic heterocycles. The number of oxazole rings is 1. The Morgan fingerprint density at radius 1 is 1.70 bits per heavy atom. The van der Waals surface area contributed by atoms with Gasteiger partial charge < -0.3 is 14.6 Å². The molecule has 2 aliphatic rings. The third-order valence-electron chi connectivity index (χ3n) is 3.64. The van der Waals surface area contributed by atoms with Gasteiger partial charge in [0.2, 0.25) is 11.8 Å². The van der Waals surface area contributed by atoms with E-state index in [9.17, 15) is 10.0 Å². The van der Waals surface area contributed by atoms with E-state index in [0.717, 1.165) is 10.6 Å². The van der Waals surface area contributed by atoms with Crippen LogP contribution in [0.2, 0.25) is 0 Å². The molecule has 20 heavy (non-hydrogen) atoms. The van der Waals surface area contributed by atoms with Crippen LogP contribution in [0.15, 0.2) is 40.9 Å². The number of hydroxylamine groups is 2. The fourth-order valence-corrected chi connectivity index (χ4v) is 2.67. The molecule has 106 valence electrons. The fourth-order valence-electron chi connectivity index (χ4n) is 2.67. The molecule has 1 aromatic heterocycles. The summed E-state index contributed by atoms with van der Waals surface area (Å²) in [6, 6.07) is -0.579. The second kappa shape index (κ2) is 4.68. The number of rotatable bonds is 3. The van der Waals surface area contributed by atoms with Crippen LogP contribution < -0.4 is 5.32 Å². The molecule has 1 saturated heterocycles.